The molecule has 0 atom stereocenters. The summed E-state index contributed by atoms with van der Waals surface area (Å²) in [6.07, 6.45) is 0. The fraction of sp³-hybridized carbons (Fsp3) is 0.667. The van der Waals surface area contributed by atoms with Crippen LogP contribution in [-0.4, -0.2) is 12.7 Å². The smallest absolute Gasteiger partial charge is 0.149 e. The molecule has 0 unspecified atom stereocenters. The molecule has 0 aromatic carbocycles. The Morgan fingerprint density at radius 1 is 1.67 bits per heavy atom. The van der Waals surface area contributed by atoms with Crippen molar-refractivity contribution in [2.24, 2.45) is 0 Å². The summed E-state index contributed by atoms with van der Waals surface area (Å²) in [5.74, 6) is 2.42. The van der Waals surface area contributed by atoms with Crippen molar-refractivity contribution >= 4 is 11.8 Å². The predicted octanol–water partition coefficient (Wildman–Crippen LogP) is 0.801. The van der Waals surface area contributed by atoms with Gasteiger partial charge in [0.05, 0.1) is 5.94 Å². The van der Waals surface area contributed by atoms with E-state index in [1.54, 1.807) is 5.94 Å². The first-order valence-corrected chi connectivity index (χ1v) is 2.67. The molecule has 0 bridgehead atoms. The molecule has 0 aliphatic carbocycles. The van der Waals surface area contributed by atoms with Gasteiger partial charge in [-0.05, 0) is 0 Å². The van der Waals surface area contributed by atoms with Gasteiger partial charge in [-0.2, -0.15) is 0 Å². The molecule has 3 heteroatoms. The molecule has 6 heavy (non-hydrogen) atoms. The topological polar surface area (TPSA) is 18.5 Å². The maximum absolute atomic E-state index is 4.78. The van der Waals surface area contributed by atoms with Crippen molar-refractivity contribution in [3.05, 3.63) is 5.94 Å². The fourth-order valence-electron chi connectivity index (χ4n) is 0.234. The number of hydrogen-bond acceptors (Lipinski definition) is 3. The largest absolute Gasteiger partial charge is 0.345 e. The van der Waals surface area contributed by atoms with E-state index in [9.17, 15) is 0 Å². The molecular weight excluding hydrogens is 100 g/mol. The maximum atomic E-state index is 4.78. The van der Waals surface area contributed by atoms with Crippen LogP contribution in [0.1, 0.15) is 0 Å². The number of hydrogen-bond donors (Lipinski definition) is 0. The van der Waals surface area contributed by atoms with Gasteiger partial charge in [0.2, 0.25) is 0 Å². The standard InChI is InChI=1S/C3H5O2S/c1-4-2-6-3-5-1/h2H,1,3H2. The minimum absolute atomic E-state index is 0.424. The Balaban J connectivity index is 2.00. The third kappa shape index (κ3) is 1.16. The molecule has 0 aromatic heterocycles. The van der Waals surface area contributed by atoms with Crippen LogP contribution in [0.2, 0.25) is 0 Å². The summed E-state index contributed by atoms with van der Waals surface area (Å²) in [4.78, 5) is 0. The van der Waals surface area contributed by atoms with E-state index in [0.717, 1.165) is 5.94 Å². The van der Waals surface area contributed by atoms with E-state index in [1.807, 2.05) is 0 Å². The van der Waals surface area contributed by atoms with Crippen molar-refractivity contribution in [2.75, 3.05) is 12.7 Å². The fourth-order valence-corrected chi connectivity index (χ4v) is 0.606. The molecule has 1 aliphatic rings. The zero-order valence-electron chi connectivity index (χ0n) is 3.22. The van der Waals surface area contributed by atoms with Crippen LogP contribution in [0.3, 0.4) is 0 Å². The lowest BCUT2D eigenvalue weighted by molar-refractivity contribution is -0.00712. The summed E-state index contributed by atoms with van der Waals surface area (Å²) in [5.41, 5.74) is 0. The Labute approximate surface area is 40.8 Å². The van der Waals surface area contributed by atoms with Crippen LogP contribution < -0.4 is 0 Å². The van der Waals surface area contributed by atoms with Gasteiger partial charge < -0.3 is 9.47 Å². The first-order chi connectivity index (χ1) is 3.00. The van der Waals surface area contributed by atoms with Crippen LogP contribution in [0.25, 0.3) is 0 Å². The van der Waals surface area contributed by atoms with Gasteiger partial charge in [-0.3, -0.25) is 0 Å². The Kier molecular flexibility index (Phi) is 1.80. The van der Waals surface area contributed by atoms with Crippen LogP contribution in [0.5, 0.6) is 0 Å². The molecule has 1 heterocycles. The van der Waals surface area contributed by atoms with Crippen LogP contribution >= 0.6 is 11.8 Å². The summed E-state index contributed by atoms with van der Waals surface area (Å²) in [6, 6.07) is 0. The first kappa shape index (κ1) is 4.43. The Bertz CT molecular complexity index is 24.3. The minimum atomic E-state index is 0.424. The van der Waals surface area contributed by atoms with E-state index in [0.29, 0.717) is 6.79 Å². The van der Waals surface area contributed by atoms with Crippen molar-refractivity contribution in [1.82, 2.24) is 0 Å². The normalized spacial score (nSPS) is 24.0. The second-order valence-corrected chi connectivity index (χ2v) is 1.63. The van der Waals surface area contributed by atoms with E-state index in [1.165, 1.54) is 11.8 Å². The second-order valence-electron chi connectivity index (χ2n) is 0.869. The molecule has 0 saturated carbocycles. The molecule has 1 radical (unpaired) electrons. The maximum Gasteiger partial charge on any atom is 0.149 e. The van der Waals surface area contributed by atoms with Crippen molar-refractivity contribution in [3.63, 3.8) is 0 Å². The highest BCUT2D eigenvalue weighted by atomic mass is 32.2. The van der Waals surface area contributed by atoms with Crippen molar-refractivity contribution in [1.29, 1.82) is 0 Å². The molecule has 0 aromatic rings. The van der Waals surface area contributed by atoms with Gasteiger partial charge in [0, 0.05) is 0 Å². The average Bonchev–Trinajstić information content (AvgIpc) is 1.72. The van der Waals surface area contributed by atoms with Crippen molar-refractivity contribution in [3.8, 4) is 0 Å². The lowest BCUT2D eigenvalue weighted by atomic mass is 11.3. The summed E-state index contributed by atoms with van der Waals surface area (Å²) in [5, 5.41) is 0. The first-order valence-electron chi connectivity index (χ1n) is 1.63. The third-order valence-corrected chi connectivity index (χ3v) is 1.01. The molecule has 0 spiro atoms. The molecule has 2 nitrogen and oxygen atoms in total. The highest BCUT2D eigenvalue weighted by Crippen LogP contribution is 2.10. The zero-order chi connectivity index (χ0) is 4.24. The van der Waals surface area contributed by atoms with Gasteiger partial charge in [-0.1, -0.05) is 11.8 Å². The number of rotatable bonds is 0. The van der Waals surface area contributed by atoms with Crippen LogP contribution in [0, 0.1) is 5.94 Å². The second kappa shape index (κ2) is 2.44. The van der Waals surface area contributed by atoms with E-state index < -0.39 is 0 Å². The predicted molar refractivity (Wildman–Crippen MR) is 23.8 cm³/mol. The van der Waals surface area contributed by atoms with Gasteiger partial charge in [0.1, 0.15) is 12.7 Å². The number of ether oxygens (including phenoxy) is 2. The van der Waals surface area contributed by atoms with E-state index in [2.05, 4.69) is 4.74 Å². The SMILES string of the molecule is [CH]1OCOCS1. The molecule has 35 valence electrons. The van der Waals surface area contributed by atoms with Crippen molar-refractivity contribution < 1.29 is 9.47 Å². The van der Waals surface area contributed by atoms with Gasteiger partial charge in [-0.15, -0.1) is 0 Å². The van der Waals surface area contributed by atoms with Gasteiger partial charge in [0.15, 0.2) is 0 Å². The third-order valence-electron chi connectivity index (χ3n) is 0.439. The van der Waals surface area contributed by atoms with Gasteiger partial charge >= 0.3 is 0 Å². The lowest BCUT2D eigenvalue weighted by Gasteiger charge is -2.08. The van der Waals surface area contributed by atoms with Crippen LogP contribution in [-0.2, 0) is 9.47 Å². The Morgan fingerprint density at radius 3 is 2.83 bits per heavy atom. The summed E-state index contributed by atoms with van der Waals surface area (Å²) in [6.45, 7) is 0.424. The zero-order valence-corrected chi connectivity index (χ0v) is 4.03. The summed E-state index contributed by atoms with van der Waals surface area (Å²) >= 11 is 1.53. The Morgan fingerprint density at radius 2 is 2.67 bits per heavy atom. The van der Waals surface area contributed by atoms with Gasteiger partial charge in [0.25, 0.3) is 0 Å². The average molecular weight is 105 g/mol. The van der Waals surface area contributed by atoms with E-state index >= 15 is 0 Å². The van der Waals surface area contributed by atoms with E-state index in [-0.39, 0.29) is 0 Å². The Hall–Kier alpha value is 0.270. The monoisotopic (exact) mass is 105 g/mol. The highest BCUT2D eigenvalue weighted by molar-refractivity contribution is 8.00. The summed E-state index contributed by atoms with van der Waals surface area (Å²) in [7, 11) is 0. The van der Waals surface area contributed by atoms with Crippen LogP contribution in [0.15, 0.2) is 0 Å². The molecular formula is C3H5O2S. The quantitative estimate of drug-likeness (QED) is 0.454. The molecule has 1 fully saturated rings. The summed E-state index contributed by atoms with van der Waals surface area (Å²) < 4.78 is 9.46. The van der Waals surface area contributed by atoms with E-state index in [4.69, 9.17) is 4.74 Å². The molecule has 1 saturated heterocycles. The molecule has 0 amide bonds. The van der Waals surface area contributed by atoms with Gasteiger partial charge in [-0.25, -0.2) is 0 Å². The molecule has 1 aliphatic heterocycles. The molecule has 1 rings (SSSR count). The number of thioether (sulfide) groups is 1. The lowest BCUT2D eigenvalue weighted by Crippen LogP contribution is -2.01. The molecule has 0 N–H and O–H groups in total. The minimum Gasteiger partial charge on any atom is -0.345 e. The highest BCUT2D eigenvalue weighted by Gasteiger charge is 1.95. The van der Waals surface area contributed by atoms with Crippen molar-refractivity contribution in [2.45, 2.75) is 0 Å². The van der Waals surface area contributed by atoms with Crippen LogP contribution in [0.4, 0.5) is 0 Å².